The van der Waals surface area contributed by atoms with Gasteiger partial charge in [-0.05, 0) is 48.5 Å². The van der Waals surface area contributed by atoms with Crippen LogP contribution in [0, 0.1) is 0 Å². The first kappa shape index (κ1) is 20.6. The van der Waals surface area contributed by atoms with Crippen LogP contribution in [-0.2, 0) is 10.0 Å². The lowest BCUT2D eigenvalue weighted by atomic mass is 10.3. The Balaban J connectivity index is 1.44. The molecule has 0 bridgehead atoms. The molecule has 0 fully saturated rings. The maximum absolute atomic E-state index is 12.6. The van der Waals surface area contributed by atoms with E-state index in [1.54, 1.807) is 59.7 Å². The van der Waals surface area contributed by atoms with Crippen LogP contribution in [0.1, 0.15) is 0 Å². The van der Waals surface area contributed by atoms with Gasteiger partial charge in [-0.2, -0.15) is 0 Å². The fourth-order valence-electron chi connectivity index (χ4n) is 2.64. The first-order valence-corrected chi connectivity index (χ1v) is 10.8. The second-order valence-corrected chi connectivity index (χ2v) is 8.32. The Morgan fingerprint density at radius 2 is 1.84 bits per heavy atom. The normalized spacial score (nSPS) is 11.2. The summed E-state index contributed by atoms with van der Waals surface area (Å²) < 4.78 is 40.1. The van der Waals surface area contributed by atoms with Crippen LogP contribution >= 0.6 is 11.6 Å². The molecule has 0 atom stereocenters. The molecule has 0 radical (unpaired) electrons. The van der Waals surface area contributed by atoms with Crippen molar-refractivity contribution in [3.05, 3.63) is 78.3 Å². The van der Waals surface area contributed by atoms with E-state index < -0.39 is 10.0 Å². The summed E-state index contributed by atoms with van der Waals surface area (Å²) in [5.74, 6) is 1.77. The molecule has 4 aromatic rings. The Morgan fingerprint density at radius 1 is 1.03 bits per heavy atom. The van der Waals surface area contributed by atoms with Crippen molar-refractivity contribution in [3.63, 3.8) is 0 Å². The van der Waals surface area contributed by atoms with E-state index in [1.165, 1.54) is 25.3 Å². The number of nitrogens with zero attached hydrogens (tertiary/aromatic N) is 4. The molecule has 0 saturated heterocycles. The van der Waals surface area contributed by atoms with Gasteiger partial charge in [-0.15, -0.1) is 10.2 Å². The van der Waals surface area contributed by atoms with Gasteiger partial charge in [0, 0.05) is 24.1 Å². The van der Waals surface area contributed by atoms with Gasteiger partial charge in [-0.3, -0.25) is 9.29 Å². The molecule has 0 aliphatic heterocycles. The van der Waals surface area contributed by atoms with E-state index in [0.29, 0.717) is 28.9 Å². The Bertz CT molecular complexity index is 1280. The van der Waals surface area contributed by atoms with E-state index >= 15 is 0 Å². The molecule has 4 rings (SSSR count). The molecule has 0 spiro atoms. The molecule has 0 amide bonds. The lowest BCUT2D eigenvalue weighted by molar-refractivity contribution is 0.414. The van der Waals surface area contributed by atoms with Crippen LogP contribution in [-0.4, -0.2) is 35.3 Å². The van der Waals surface area contributed by atoms with Crippen molar-refractivity contribution in [2.45, 2.75) is 4.90 Å². The number of imidazole rings is 1. The quantitative estimate of drug-likeness (QED) is 0.448. The largest absolute Gasteiger partial charge is 0.495 e. The standard InChI is InChI=1S/C20H16ClN5O4S/c1-29-18-7-6-16(12-17(18)21)31(27,28)25-14-2-4-15(5-3-14)30-20-9-8-19(23-24-20)26-11-10-22-13-26/h2-13,25H,1H3. The minimum atomic E-state index is -3.82. The van der Waals surface area contributed by atoms with Gasteiger partial charge < -0.3 is 9.47 Å². The number of ether oxygens (including phenoxy) is 2. The molecule has 2 aromatic heterocycles. The monoisotopic (exact) mass is 457 g/mol. The van der Waals surface area contributed by atoms with Crippen LogP contribution in [0.2, 0.25) is 5.02 Å². The molecule has 31 heavy (non-hydrogen) atoms. The highest BCUT2D eigenvalue weighted by Crippen LogP contribution is 2.28. The molecule has 2 heterocycles. The summed E-state index contributed by atoms with van der Waals surface area (Å²) in [4.78, 5) is 3.98. The molecule has 2 aromatic carbocycles. The third-order valence-electron chi connectivity index (χ3n) is 4.16. The Hall–Kier alpha value is -3.63. The number of hydrogen-bond acceptors (Lipinski definition) is 7. The van der Waals surface area contributed by atoms with Gasteiger partial charge in [-0.25, -0.2) is 13.4 Å². The van der Waals surface area contributed by atoms with Crippen molar-refractivity contribution < 1.29 is 17.9 Å². The highest BCUT2D eigenvalue weighted by atomic mass is 35.5. The van der Waals surface area contributed by atoms with Gasteiger partial charge in [0.25, 0.3) is 10.0 Å². The van der Waals surface area contributed by atoms with Gasteiger partial charge in [0.05, 0.1) is 17.0 Å². The van der Waals surface area contributed by atoms with Crippen LogP contribution in [0.5, 0.6) is 17.4 Å². The second kappa shape index (κ2) is 8.62. The molecule has 0 unspecified atom stereocenters. The van der Waals surface area contributed by atoms with E-state index in [0.717, 1.165) is 0 Å². The van der Waals surface area contributed by atoms with Crippen LogP contribution < -0.4 is 14.2 Å². The predicted molar refractivity (Wildman–Crippen MR) is 114 cm³/mol. The zero-order valence-electron chi connectivity index (χ0n) is 16.1. The molecular formula is C20H16ClN5O4S. The Kier molecular flexibility index (Phi) is 5.74. The zero-order valence-corrected chi connectivity index (χ0v) is 17.7. The maximum Gasteiger partial charge on any atom is 0.261 e. The van der Waals surface area contributed by atoms with Gasteiger partial charge in [0.1, 0.15) is 17.8 Å². The lowest BCUT2D eigenvalue weighted by Gasteiger charge is -2.11. The average molecular weight is 458 g/mol. The van der Waals surface area contributed by atoms with E-state index in [4.69, 9.17) is 21.1 Å². The van der Waals surface area contributed by atoms with Gasteiger partial charge >= 0.3 is 0 Å². The Morgan fingerprint density at radius 3 is 2.45 bits per heavy atom. The number of aromatic nitrogens is 4. The smallest absolute Gasteiger partial charge is 0.261 e. The number of halogens is 1. The van der Waals surface area contributed by atoms with Gasteiger partial charge in [0.2, 0.25) is 5.88 Å². The maximum atomic E-state index is 12.6. The van der Waals surface area contributed by atoms with Crippen LogP contribution in [0.25, 0.3) is 5.82 Å². The Labute approximate surface area is 183 Å². The minimum Gasteiger partial charge on any atom is -0.495 e. The number of methoxy groups -OCH3 is 1. The van der Waals surface area contributed by atoms with Crippen molar-refractivity contribution in [2.75, 3.05) is 11.8 Å². The summed E-state index contributed by atoms with van der Waals surface area (Å²) in [6, 6.07) is 14.0. The average Bonchev–Trinajstić information content (AvgIpc) is 3.30. The van der Waals surface area contributed by atoms with Crippen molar-refractivity contribution in [3.8, 4) is 23.2 Å². The topological polar surface area (TPSA) is 108 Å². The summed E-state index contributed by atoms with van der Waals surface area (Å²) in [5.41, 5.74) is 0.362. The SMILES string of the molecule is COc1ccc(S(=O)(=O)Nc2ccc(Oc3ccc(-n4ccnc4)nn3)cc2)cc1Cl. The number of nitrogens with one attached hydrogen (secondary N) is 1. The first-order chi connectivity index (χ1) is 14.9. The molecule has 158 valence electrons. The van der Waals surface area contributed by atoms with E-state index in [1.807, 2.05) is 0 Å². The summed E-state index contributed by atoms with van der Waals surface area (Å²) >= 11 is 6.03. The molecule has 0 aliphatic rings. The van der Waals surface area contributed by atoms with E-state index in [9.17, 15) is 8.42 Å². The molecule has 0 aliphatic carbocycles. The summed E-state index contributed by atoms with van der Waals surface area (Å²) in [5, 5.41) is 8.29. The molecule has 1 N–H and O–H groups in total. The fraction of sp³-hybridized carbons (Fsp3) is 0.0500. The van der Waals surface area contributed by atoms with Gasteiger partial charge in [-0.1, -0.05) is 11.6 Å². The third-order valence-corrected chi connectivity index (χ3v) is 5.83. The minimum absolute atomic E-state index is 0.0203. The molecule has 0 saturated carbocycles. The van der Waals surface area contributed by atoms with Crippen molar-refractivity contribution in [2.24, 2.45) is 0 Å². The number of hydrogen-bond donors (Lipinski definition) is 1. The highest BCUT2D eigenvalue weighted by molar-refractivity contribution is 7.92. The zero-order chi connectivity index (χ0) is 21.8. The van der Waals surface area contributed by atoms with Crippen LogP contribution in [0.3, 0.4) is 0 Å². The molecule has 9 nitrogen and oxygen atoms in total. The van der Waals surface area contributed by atoms with Gasteiger partial charge in [0.15, 0.2) is 5.82 Å². The highest BCUT2D eigenvalue weighted by Gasteiger charge is 2.16. The second-order valence-electron chi connectivity index (χ2n) is 6.23. The number of benzene rings is 2. The van der Waals surface area contributed by atoms with E-state index in [-0.39, 0.29) is 9.92 Å². The number of anilines is 1. The number of sulfonamides is 1. The fourth-order valence-corrected chi connectivity index (χ4v) is 4.05. The van der Waals surface area contributed by atoms with Crippen molar-refractivity contribution >= 4 is 27.3 Å². The summed E-state index contributed by atoms with van der Waals surface area (Å²) in [6.07, 6.45) is 5.01. The third kappa shape index (κ3) is 4.76. The molecule has 11 heteroatoms. The summed E-state index contributed by atoms with van der Waals surface area (Å²) in [7, 11) is -2.36. The van der Waals surface area contributed by atoms with Crippen molar-refractivity contribution in [1.82, 2.24) is 19.7 Å². The predicted octanol–water partition coefficient (Wildman–Crippen LogP) is 3.92. The lowest BCUT2D eigenvalue weighted by Crippen LogP contribution is -2.12. The number of rotatable bonds is 7. The first-order valence-electron chi connectivity index (χ1n) is 8.91. The van der Waals surface area contributed by atoms with Crippen molar-refractivity contribution in [1.29, 1.82) is 0 Å². The van der Waals surface area contributed by atoms with E-state index in [2.05, 4.69) is 19.9 Å². The van der Waals surface area contributed by atoms with Crippen LogP contribution in [0.4, 0.5) is 5.69 Å². The molecular weight excluding hydrogens is 442 g/mol. The van der Waals surface area contributed by atoms with Crippen LogP contribution in [0.15, 0.2) is 78.2 Å². The summed E-state index contributed by atoms with van der Waals surface area (Å²) in [6.45, 7) is 0.